The molecule has 6 nitrogen and oxygen atoms in total. The highest BCUT2D eigenvalue weighted by molar-refractivity contribution is 5.89. The minimum Gasteiger partial charge on any atom is -0.461 e. The number of hydrogen-bond acceptors (Lipinski definition) is 5. The van der Waals surface area contributed by atoms with Gasteiger partial charge in [-0.15, -0.1) is 0 Å². The molecule has 4 rings (SSSR count). The van der Waals surface area contributed by atoms with E-state index in [1.54, 1.807) is 6.92 Å². The summed E-state index contributed by atoms with van der Waals surface area (Å²) in [6.07, 6.45) is 7.98. The predicted molar refractivity (Wildman–Crippen MR) is 127 cm³/mol. The van der Waals surface area contributed by atoms with Gasteiger partial charge in [0.25, 0.3) is 5.56 Å². The molecule has 3 heterocycles. The number of rotatable bonds is 7. The number of nitrogens with zero attached hydrogens (tertiary/aromatic N) is 3. The molecule has 2 fully saturated rings. The zero-order chi connectivity index (χ0) is 22.8. The largest absolute Gasteiger partial charge is 0.461 e. The lowest BCUT2D eigenvalue weighted by molar-refractivity contribution is -0.0155. The molecular formula is C26H37N3O3. The van der Waals surface area contributed by atoms with Crippen LogP contribution < -0.4 is 5.56 Å². The van der Waals surface area contributed by atoms with E-state index in [0.29, 0.717) is 23.6 Å². The Morgan fingerprint density at radius 2 is 1.78 bits per heavy atom. The summed E-state index contributed by atoms with van der Waals surface area (Å²) in [7, 11) is 0. The van der Waals surface area contributed by atoms with E-state index < -0.39 is 5.97 Å². The molecule has 4 atom stereocenters. The van der Waals surface area contributed by atoms with Crippen molar-refractivity contribution in [2.75, 3.05) is 6.61 Å². The zero-order valence-electron chi connectivity index (χ0n) is 19.9. The summed E-state index contributed by atoms with van der Waals surface area (Å²) in [5, 5.41) is 0. The Morgan fingerprint density at radius 1 is 1.09 bits per heavy atom. The lowest BCUT2D eigenvalue weighted by Gasteiger charge is -2.52. The lowest BCUT2D eigenvalue weighted by Crippen LogP contribution is -2.56. The first kappa shape index (κ1) is 23.0. The molecule has 1 aromatic carbocycles. The van der Waals surface area contributed by atoms with Crippen LogP contribution in [0.3, 0.4) is 0 Å². The van der Waals surface area contributed by atoms with Gasteiger partial charge < -0.3 is 9.30 Å². The third-order valence-corrected chi connectivity index (χ3v) is 7.31. The van der Waals surface area contributed by atoms with Crippen LogP contribution in [-0.2, 0) is 4.74 Å². The van der Waals surface area contributed by atoms with Crippen LogP contribution in [-0.4, -0.2) is 45.2 Å². The van der Waals surface area contributed by atoms with Crippen LogP contribution >= 0.6 is 0 Å². The number of fused-ring (bicyclic) bond motifs is 3. The first-order valence-corrected chi connectivity index (χ1v) is 12.4. The number of aromatic nitrogens is 2. The number of benzene rings is 1. The molecule has 0 spiro atoms. The van der Waals surface area contributed by atoms with Crippen LogP contribution in [0.2, 0.25) is 0 Å². The van der Waals surface area contributed by atoms with Crippen LogP contribution in [0.1, 0.15) is 89.2 Å². The number of carbonyl (C=O) groups excluding carboxylic acids is 1. The number of para-hydroxylation sites is 2. The number of carbonyl (C=O) groups is 1. The van der Waals surface area contributed by atoms with Crippen molar-refractivity contribution in [1.82, 2.24) is 14.5 Å². The summed E-state index contributed by atoms with van der Waals surface area (Å²) >= 11 is 0. The zero-order valence-corrected chi connectivity index (χ0v) is 19.9. The summed E-state index contributed by atoms with van der Waals surface area (Å²) in [6, 6.07) is 9.27. The monoisotopic (exact) mass is 439 g/mol. The van der Waals surface area contributed by atoms with E-state index in [-0.39, 0.29) is 23.9 Å². The molecule has 174 valence electrons. The van der Waals surface area contributed by atoms with Crippen molar-refractivity contribution in [3.05, 3.63) is 40.3 Å². The first-order chi connectivity index (χ1) is 15.4. The summed E-state index contributed by atoms with van der Waals surface area (Å²) < 4.78 is 7.00. The molecule has 2 unspecified atom stereocenters. The average Bonchev–Trinajstić information content (AvgIpc) is 2.76. The molecule has 32 heavy (non-hydrogen) atoms. The highest BCUT2D eigenvalue weighted by Gasteiger charge is 2.41. The van der Waals surface area contributed by atoms with Gasteiger partial charge in [0, 0.05) is 24.2 Å². The fraction of sp³-hybridized carbons (Fsp3) is 0.654. The molecule has 2 aromatic rings. The fourth-order valence-electron chi connectivity index (χ4n) is 5.89. The molecule has 0 saturated carbocycles. The number of ether oxygens (including phenoxy) is 1. The van der Waals surface area contributed by atoms with Gasteiger partial charge in [-0.25, -0.2) is 9.78 Å². The standard InChI is InChI=1S/C26H37N3O3/c1-5-32-26(31)24-25(30)29(23-12-7-6-11-22(23)27-24)21-15-19-9-8-10-20(16-21)28(19)18(4)14-13-17(2)3/h6-7,11-12,17-21H,5,8-10,13-16H2,1-4H3/t18?,19-,20?,21+/m0/s1. The van der Waals surface area contributed by atoms with Crippen molar-refractivity contribution < 1.29 is 9.53 Å². The van der Waals surface area contributed by atoms with Gasteiger partial charge >= 0.3 is 5.97 Å². The van der Waals surface area contributed by atoms with Gasteiger partial charge in [0.1, 0.15) is 0 Å². The lowest BCUT2D eigenvalue weighted by atomic mass is 9.80. The van der Waals surface area contributed by atoms with Crippen LogP contribution in [0.25, 0.3) is 11.0 Å². The van der Waals surface area contributed by atoms with Crippen molar-refractivity contribution in [2.24, 2.45) is 5.92 Å². The van der Waals surface area contributed by atoms with E-state index in [0.717, 1.165) is 24.3 Å². The third-order valence-electron chi connectivity index (χ3n) is 7.31. The summed E-state index contributed by atoms with van der Waals surface area (Å²) in [4.78, 5) is 33.1. The van der Waals surface area contributed by atoms with E-state index in [2.05, 4.69) is 30.7 Å². The average molecular weight is 440 g/mol. The predicted octanol–water partition coefficient (Wildman–Crippen LogP) is 4.96. The van der Waals surface area contributed by atoms with Gasteiger partial charge in [-0.3, -0.25) is 9.69 Å². The first-order valence-electron chi connectivity index (χ1n) is 12.4. The van der Waals surface area contributed by atoms with Crippen LogP contribution in [0, 0.1) is 5.92 Å². The van der Waals surface area contributed by atoms with Crippen molar-refractivity contribution >= 4 is 17.0 Å². The van der Waals surface area contributed by atoms with Crippen LogP contribution in [0.5, 0.6) is 0 Å². The van der Waals surface area contributed by atoms with Gasteiger partial charge in [0.05, 0.1) is 17.6 Å². The molecule has 0 amide bonds. The number of piperidine rings is 2. The minimum absolute atomic E-state index is 0.0763. The van der Waals surface area contributed by atoms with E-state index in [4.69, 9.17) is 4.74 Å². The quantitative estimate of drug-likeness (QED) is 0.571. The molecule has 0 aliphatic carbocycles. The molecule has 1 aromatic heterocycles. The van der Waals surface area contributed by atoms with E-state index in [1.165, 1.54) is 32.1 Å². The van der Waals surface area contributed by atoms with Gasteiger partial charge in [-0.05, 0) is 70.4 Å². The second-order valence-electron chi connectivity index (χ2n) is 9.98. The highest BCUT2D eigenvalue weighted by atomic mass is 16.5. The molecule has 2 aliphatic heterocycles. The Kier molecular flexibility index (Phi) is 6.99. The van der Waals surface area contributed by atoms with E-state index in [1.807, 2.05) is 28.8 Å². The molecular weight excluding hydrogens is 402 g/mol. The highest BCUT2D eigenvalue weighted by Crippen LogP contribution is 2.41. The maximum absolute atomic E-state index is 13.5. The summed E-state index contributed by atoms with van der Waals surface area (Å²) in [5.41, 5.74) is 1.08. The Hall–Kier alpha value is -2.21. The second-order valence-corrected chi connectivity index (χ2v) is 9.98. The molecule has 2 bridgehead atoms. The molecule has 2 saturated heterocycles. The van der Waals surface area contributed by atoms with Gasteiger partial charge in [-0.1, -0.05) is 32.4 Å². The van der Waals surface area contributed by atoms with E-state index >= 15 is 0 Å². The second kappa shape index (κ2) is 9.74. The fourth-order valence-corrected chi connectivity index (χ4v) is 5.89. The van der Waals surface area contributed by atoms with Gasteiger partial charge in [-0.2, -0.15) is 0 Å². The smallest absolute Gasteiger partial charge is 0.362 e. The Labute approximate surface area is 191 Å². The number of hydrogen-bond donors (Lipinski definition) is 0. The molecule has 0 radical (unpaired) electrons. The van der Waals surface area contributed by atoms with Crippen LogP contribution in [0.4, 0.5) is 0 Å². The Balaban J connectivity index is 1.69. The molecule has 0 N–H and O–H groups in total. The summed E-state index contributed by atoms with van der Waals surface area (Å²) in [5.74, 6) is 0.0924. The molecule has 2 aliphatic rings. The van der Waals surface area contributed by atoms with Gasteiger partial charge in [0.2, 0.25) is 5.69 Å². The normalized spacial score (nSPS) is 24.6. The van der Waals surface area contributed by atoms with Crippen molar-refractivity contribution in [3.8, 4) is 0 Å². The van der Waals surface area contributed by atoms with Crippen LogP contribution in [0.15, 0.2) is 29.1 Å². The Bertz CT molecular complexity index is 1000. The maximum Gasteiger partial charge on any atom is 0.362 e. The number of esters is 1. The van der Waals surface area contributed by atoms with Crippen molar-refractivity contribution in [2.45, 2.75) is 96.8 Å². The van der Waals surface area contributed by atoms with E-state index in [9.17, 15) is 9.59 Å². The van der Waals surface area contributed by atoms with Crippen molar-refractivity contribution in [3.63, 3.8) is 0 Å². The van der Waals surface area contributed by atoms with Crippen molar-refractivity contribution in [1.29, 1.82) is 0 Å². The van der Waals surface area contributed by atoms with Gasteiger partial charge in [0.15, 0.2) is 0 Å². The topological polar surface area (TPSA) is 64.4 Å². The maximum atomic E-state index is 13.5. The summed E-state index contributed by atoms with van der Waals surface area (Å²) in [6.45, 7) is 8.93. The molecule has 6 heteroatoms. The Morgan fingerprint density at radius 3 is 2.44 bits per heavy atom. The SMILES string of the molecule is CCOC(=O)c1nc2ccccc2n([C@H]2CC3CCC[C@@H](C2)N3C(C)CCC(C)C)c1=O. The third kappa shape index (κ3) is 4.47. The minimum atomic E-state index is -0.628.